The number of amides is 1. The molecule has 2 aromatic heterocycles. The van der Waals surface area contributed by atoms with E-state index in [0.717, 1.165) is 5.56 Å². The van der Waals surface area contributed by atoms with Crippen LogP contribution in [0.3, 0.4) is 0 Å². The zero-order chi connectivity index (χ0) is 15.9. The quantitative estimate of drug-likeness (QED) is 0.785. The number of rotatable bonds is 7. The number of thiazole rings is 1. The van der Waals surface area contributed by atoms with Crippen LogP contribution in [0.15, 0.2) is 17.8 Å². The van der Waals surface area contributed by atoms with Gasteiger partial charge in [-0.15, -0.1) is 11.3 Å². The van der Waals surface area contributed by atoms with Gasteiger partial charge in [-0.2, -0.15) is 5.10 Å². The van der Waals surface area contributed by atoms with Gasteiger partial charge < -0.3 is 10.1 Å². The lowest BCUT2D eigenvalue weighted by molar-refractivity contribution is -0.142. The van der Waals surface area contributed by atoms with Gasteiger partial charge in [0.15, 0.2) is 5.13 Å². The maximum Gasteiger partial charge on any atom is 0.311 e. The largest absolute Gasteiger partial charge is 0.466 e. The van der Waals surface area contributed by atoms with Crippen molar-refractivity contribution >= 4 is 28.3 Å². The first-order valence-corrected chi connectivity index (χ1v) is 7.83. The van der Waals surface area contributed by atoms with Crippen LogP contribution in [0.4, 0.5) is 5.13 Å². The number of aryl methyl sites for hydroxylation is 2. The third-order valence-corrected chi connectivity index (χ3v) is 3.57. The first kappa shape index (κ1) is 16.2. The van der Waals surface area contributed by atoms with Crippen LogP contribution < -0.4 is 5.32 Å². The Morgan fingerprint density at radius 3 is 2.95 bits per heavy atom. The second-order valence-electron chi connectivity index (χ2n) is 4.70. The second kappa shape index (κ2) is 7.69. The number of hydrogen-bond acceptors (Lipinski definition) is 6. The summed E-state index contributed by atoms with van der Waals surface area (Å²) in [6.07, 6.45) is 4.06. The summed E-state index contributed by atoms with van der Waals surface area (Å²) in [6.45, 7) is 4.57. The highest BCUT2D eigenvalue weighted by Crippen LogP contribution is 2.16. The molecule has 22 heavy (non-hydrogen) atoms. The molecule has 8 heteroatoms. The summed E-state index contributed by atoms with van der Waals surface area (Å²) in [6, 6.07) is 0. The van der Waals surface area contributed by atoms with Crippen molar-refractivity contribution in [3.8, 4) is 0 Å². The van der Waals surface area contributed by atoms with Gasteiger partial charge in [-0.3, -0.25) is 14.3 Å². The Bertz CT molecular complexity index is 650. The van der Waals surface area contributed by atoms with Crippen LogP contribution in [-0.2, 0) is 27.3 Å². The van der Waals surface area contributed by atoms with Gasteiger partial charge in [0.2, 0.25) is 5.91 Å². The minimum Gasteiger partial charge on any atom is -0.466 e. The predicted octanol–water partition coefficient (Wildman–Crippen LogP) is 1.78. The molecular formula is C14H18N4O3S. The molecule has 0 fully saturated rings. The van der Waals surface area contributed by atoms with E-state index in [9.17, 15) is 9.59 Å². The minimum absolute atomic E-state index is 0.118. The first-order chi connectivity index (χ1) is 10.6. The number of nitrogens with zero attached hydrogens (tertiary/aromatic N) is 3. The van der Waals surface area contributed by atoms with Gasteiger partial charge in [0, 0.05) is 24.5 Å². The standard InChI is InChI=1S/C14H18N4O3S/c1-3-21-13(20)6-11-9-22-14(16-11)17-12(19)4-5-18-8-10(2)7-15-18/h7-9H,3-6H2,1-2H3,(H,16,17,19). The van der Waals surface area contributed by atoms with Crippen molar-refractivity contribution in [2.45, 2.75) is 33.2 Å². The molecule has 118 valence electrons. The van der Waals surface area contributed by atoms with Crippen LogP contribution in [0.2, 0.25) is 0 Å². The van der Waals surface area contributed by atoms with Crippen LogP contribution in [0.5, 0.6) is 0 Å². The highest BCUT2D eigenvalue weighted by atomic mass is 32.1. The van der Waals surface area contributed by atoms with Crippen molar-refractivity contribution in [2.75, 3.05) is 11.9 Å². The predicted molar refractivity (Wildman–Crippen MR) is 82.7 cm³/mol. The normalized spacial score (nSPS) is 10.5. The maximum absolute atomic E-state index is 11.8. The zero-order valence-corrected chi connectivity index (χ0v) is 13.4. The van der Waals surface area contributed by atoms with E-state index in [2.05, 4.69) is 15.4 Å². The molecule has 0 radical (unpaired) electrons. The molecule has 0 saturated heterocycles. The average molecular weight is 322 g/mol. The summed E-state index contributed by atoms with van der Waals surface area (Å²) in [5, 5.41) is 9.07. The molecule has 2 heterocycles. The Labute approximate surface area is 132 Å². The summed E-state index contributed by atoms with van der Waals surface area (Å²) in [5.41, 5.74) is 1.66. The monoisotopic (exact) mass is 322 g/mol. The van der Waals surface area contributed by atoms with E-state index in [4.69, 9.17) is 4.74 Å². The van der Waals surface area contributed by atoms with E-state index in [1.54, 1.807) is 23.2 Å². The smallest absolute Gasteiger partial charge is 0.311 e. The van der Waals surface area contributed by atoms with Crippen LogP contribution in [0, 0.1) is 6.92 Å². The molecule has 0 atom stereocenters. The molecular weight excluding hydrogens is 304 g/mol. The molecule has 0 aliphatic heterocycles. The van der Waals surface area contributed by atoms with Gasteiger partial charge in [0.25, 0.3) is 0 Å². The maximum atomic E-state index is 11.8. The molecule has 0 unspecified atom stereocenters. The van der Waals surface area contributed by atoms with Crippen molar-refractivity contribution < 1.29 is 14.3 Å². The average Bonchev–Trinajstić information content (AvgIpc) is 3.06. The molecule has 7 nitrogen and oxygen atoms in total. The molecule has 1 N–H and O–H groups in total. The Kier molecular flexibility index (Phi) is 5.65. The number of anilines is 1. The Balaban J connectivity index is 1.79. The van der Waals surface area contributed by atoms with Gasteiger partial charge in [-0.05, 0) is 19.4 Å². The molecule has 0 aromatic carbocycles. The Morgan fingerprint density at radius 1 is 1.45 bits per heavy atom. The third-order valence-electron chi connectivity index (χ3n) is 2.76. The highest BCUT2D eigenvalue weighted by molar-refractivity contribution is 7.13. The molecule has 0 spiro atoms. The molecule has 2 rings (SSSR count). The van der Waals surface area contributed by atoms with Crippen molar-refractivity contribution in [1.29, 1.82) is 0 Å². The van der Waals surface area contributed by atoms with E-state index >= 15 is 0 Å². The molecule has 0 aliphatic rings. The topological polar surface area (TPSA) is 86.1 Å². The van der Waals surface area contributed by atoms with Crippen molar-refractivity contribution in [2.24, 2.45) is 0 Å². The fourth-order valence-corrected chi connectivity index (χ4v) is 2.52. The Morgan fingerprint density at radius 2 is 2.27 bits per heavy atom. The fourth-order valence-electron chi connectivity index (χ4n) is 1.79. The summed E-state index contributed by atoms with van der Waals surface area (Å²) >= 11 is 1.29. The number of esters is 1. The second-order valence-corrected chi connectivity index (χ2v) is 5.56. The van der Waals surface area contributed by atoms with Crippen LogP contribution >= 0.6 is 11.3 Å². The molecule has 2 aromatic rings. The van der Waals surface area contributed by atoms with Crippen molar-refractivity contribution in [3.05, 3.63) is 29.0 Å². The summed E-state index contributed by atoms with van der Waals surface area (Å²) in [5.74, 6) is -0.454. The number of carbonyl (C=O) groups excluding carboxylic acids is 2. The SMILES string of the molecule is CCOC(=O)Cc1csc(NC(=O)CCn2cc(C)cn2)n1. The lowest BCUT2D eigenvalue weighted by Gasteiger charge is -2.02. The third kappa shape index (κ3) is 4.96. The number of aromatic nitrogens is 3. The summed E-state index contributed by atoms with van der Waals surface area (Å²) in [4.78, 5) is 27.4. The molecule has 0 aliphatic carbocycles. The molecule has 0 saturated carbocycles. The van der Waals surface area contributed by atoms with Gasteiger partial charge in [-0.25, -0.2) is 4.98 Å². The van der Waals surface area contributed by atoms with Crippen molar-refractivity contribution in [1.82, 2.24) is 14.8 Å². The van der Waals surface area contributed by atoms with Gasteiger partial charge in [-0.1, -0.05) is 0 Å². The number of ether oxygens (including phenoxy) is 1. The Hall–Kier alpha value is -2.22. The van der Waals surface area contributed by atoms with Crippen LogP contribution in [-0.4, -0.2) is 33.2 Å². The van der Waals surface area contributed by atoms with E-state index < -0.39 is 0 Å². The van der Waals surface area contributed by atoms with E-state index in [1.807, 2.05) is 13.1 Å². The molecule has 0 bridgehead atoms. The van der Waals surface area contributed by atoms with Crippen LogP contribution in [0.1, 0.15) is 24.6 Å². The van der Waals surface area contributed by atoms with E-state index in [-0.39, 0.29) is 18.3 Å². The van der Waals surface area contributed by atoms with E-state index in [1.165, 1.54) is 11.3 Å². The van der Waals surface area contributed by atoms with E-state index in [0.29, 0.717) is 30.4 Å². The number of carbonyl (C=O) groups is 2. The van der Waals surface area contributed by atoms with Crippen LogP contribution in [0.25, 0.3) is 0 Å². The molecule has 1 amide bonds. The lowest BCUT2D eigenvalue weighted by Crippen LogP contribution is -2.14. The first-order valence-electron chi connectivity index (χ1n) is 6.95. The number of hydrogen-bond donors (Lipinski definition) is 1. The minimum atomic E-state index is -0.320. The lowest BCUT2D eigenvalue weighted by atomic mass is 10.3. The van der Waals surface area contributed by atoms with Gasteiger partial charge in [0.05, 0.1) is 24.9 Å². The van der Waals surface area contributed by atoms with Gasteiger partial charge >= 0.3 is 5.97 Å². The number of nitrogens with one attached hydrogen (secondary N) is 1. The van der Waals surface area contributed by atoms with Crippen molar-refractivity contribution in [3.63, 3.8) is 0 Å². The van der Waals surface area contributed by atoms with Gasteiger partial charge in [0.1, 0.15) is 0 Å². The summed E-state index contributed by atoms with van der Waals surface area (Å²) in [7, 11) is 0. The highest BCUT2D eigenvalue weighted by Gasteiger charge is 2.10. The fraction of sp³-hybridized carbons (Fsp3) is 0.429. The summed E-state index contributed by atoms with van der Waals surface area (Å²) < 4.78 is 6.58. The zero-order valence-electron chi connectivity index (χ0n) is 12.5.